The molecule has 0 saturated heterocycles. The molecule has 4 N–H and O–H groups in total. The van der Waals surface area contributed by atoms with E-state index in [2.05, 4.69) is 0 Å². The first-order valence-corrected chi connectivity index (χ1v) is 4.12. The molecule has 0 heterocycles. The van der Waals surface area contributed by atoms with Gasteiger partial charge in [-0.2, -0.15) is 0 Å². The molecule has 0 aromatic carbocycles. The lowest BCUT2D eigenvalue weighted by atomic mass is 9.90. The second kappa shape index (κ2) is 4.54. The average molecular weight is 175 g/mol. The number of carbonyl (C=O) groups is 1. The SMILES string of the molecule is CCCC(=O)C(O)(CN)C(C)O. The van der Waals surface area contributed by atoms with Crippen LogP contribution in [0.1, 0.15) is 26.7 Å². The summed E-state index contributed by atoms with van der Waals surface area (Å²) < 4.78 is 0. The summed E-state index contributed by atoms with van der Waals surface area (Å²) in [5.74, 6) is -0.387. The minimum Gasteiger partial charge on any atom is -0.390 e. The van der Waals surface area contributed by atoms with Gasteiger partial charge in [-0.05, 0) is 13.3 Å². The van der Waals surface area contributed by atoms with Crippen LogP contribution in [-0.2, 0) is 4.79 Å². The minimum absolute atomic E-state index is 0.233. The van der Waals surface area contributed by atoms with E-state index < -0.39 is 11.7 Å². The highest BCUT2D eigenvalue weighted by atomic mass is 16.3. The van der Waals surface area contributed by atoms with Gasteiger partial charge in [0.15, 0.2) is 11.4 Å². The number of ketones is 1. The van der Waals surface area contributed by atoms with Gasteiger partial charge in [0.1, 0.15) is 0 Å². The lowest BCUT2D eigenvalue weighted by molar-refractivity contribution is -0.147. The van der Waals surface area contributed by atoms with Gasteiger partial charge in [0, 0.05) is 13.0 Å². The second-order valence-electron chi connectivity index (χ2n) is 2.98. The fraction of sp³-hybridized carbons (Fsp3) is 0.875. The third-order valence-corrected chi connectivity index (χ3v) is 1.96. The largest absolute Gasteiger partial charge is 0.390 e. The first-order chi connectivity index (χ1) is 5.49. The van der Waals surface area contributed by atoms with Crippen molar-refractivity contribution in [1.82, 2.24) is 0 Å². The molecule has 0 bridgehead atoms. The molecule has 0 rings (SSSR count). The van der Waals surface area contributed by atoms with Crippen molar-refractivity contribution >= 4 is 5.78 Å². The maximum absolute atomic E-state index is 11.2. The molecule has 0 saturated carbocycles. The molecule has 0 aliphatic heterocycles. The summed E-state index contributed by atoms with van der Waals surface area (Å²) in [4.78, 5) is 11.2. The standard InChI is InChI=1S/C8H17NO3/c1-3-4-7(11)8(12,5-9)6(2)10/h6,10,12H,3-5,9H2,1-2H3. The van der Waals surface area contributed by atoms with E-state index in [4.69, 9.17) is 10.8 Å². The predicted octanol–water partition coefficient (Wildman–Crippen LogP) is -0.574. The molecule has 0 aliphatic carbocycles. The monoisotopic (exact) mass is 175 g/mol. The molecule has 72 valence electrons. The van der Waals surface area contributed by atoms with E-state index in [1.165, 1.54) is 6.92 Å². The van der Waals surface area contributed by atoms with E-state index in [0.29, 0.717) is 6.42 Å². The zero-order valence-electron chi connectivity index (χ0n) is 7.58. The number of hydrogen-bond donors (Lipinski definition) is 3. The number of carbonyl (C=O) groups excluding carboxylic acids is 1. The molecule has 0 aliphatic rings. The van der Waals surface area contributed by atoms with Crippen LogP contribution >= 0.6 is 0 Å². The first-order valence-electron chi connectivity index (χ1n) is 4.12. The van der Waals surface area contributed by atoms with Crippen molar-refractivity contribution in [2.24, 2.45) is 5.73 Å². The quantitative estimate of drug-likeness (QED) is 0.522. The fourth-order valence-electron chi connectivity index (χ4n) is 0.961. The van der Waals surface area contributed by atoms with Gasteiger partial charge < -0.3 is 15.9 Å². The molecule has 0 aromatic rings. The molecule has 2 atom stereocenters. The maximum Gasteiger partial charge on any atom is 0.168 e. The molecule has 12 heavy (non-hydrogen) atoms. The van der Waals surface area contributed by atoms with Gasteiger partial charge >= 0.3 is 0 Å². The van der Waals surface area contributed by atoms with Crippen molar-refractivity contribution in [1.29, 1.82) is 0 Å². The molecule has 4 heteroatoms. The van der Waals surface area contributed by atoms with Crippen LogP contribution in [0.15, 0.2) is 0 Å². The summed E-state index contributed by atoms with van der Waals surface area (Å²) in [6, 6.07) is 0. The molecule has 0 spiro atoms. The van der Waals surface area contributed by atoms with Crippen molar-refractivity contribution in [2.45, 2.75) is 38.4 Å². The average Bonchev–Trinajstić information content (AvgIpc) is 2.03. The predicted molar refractivity (Wildman–Crippen MR) is 45.6 cm³/mol. The summed E-state index contributed by atoms with van der Waals surface area (Å²) in [5, 5.41) is 18.7. The highest BCUT2D eigenvalue weighted by molar-refractivity contribution is 5.87. The van der Waals surface area contributed by atoms with Crippen molar-refractivity contribution in [2.75, 3.05) is 6.54 Å². The number of aliphatic hydroxyl groups is 2. The molecule has 0 radical (unpaired) electrons. The van der Waals surface area contributed by atoms with Crippen molar-refractivity contribution < 1.29 is 15.0 Å². The lowest BCUT2D eigenvalue weighted by Gasteiger charge is -2.27. The topological polar surface area (TPSA) is 83.5 Å². The summed E-state index contributed by atoms with van der Waals surface area (Å²) in [7, 11) is 0. The van der Waals surface area contributed by atoms with Crippen molar-refractivity contribution in [3.8, 4) is 0 Å². The Bertz CT molecular complexity index is 158. The minimum atomic E-state index is -1.75. The summed E-state index contributed by atoms with van der Waals surface area (Å²) in [6.07, 6.45) is -0.214. The van der Waals surface area contributed by atoms with E-state index >= 15 is 0 Å². The van der Waals surface area contributed by atoms with Crippen LogP contribution < -0.4 is 5.73 Å². The van der Waals surface area contributed by atoms with Crippen LogP contribution in [-0.4, -0.2) is 34.2 Å². The number of Topliss-reactive ketones (excluding diaryl/α,β-unsaturated/α-hetero) is 1. The van der Waals surface area contributed by atoms with E-state index in [0.717, 1.165) is 0 Å². The summed E-state index contributed by atoms with van der Waals surface area (Å²) in [6.45, 7) is 2.96. The molecular formula is C8H17NO3. The lowest BCUT2D eigenvalue weighted by Crippen LogP contribution is -2.53. The molecule has 2 unspecified atom stereocenters. The Morgan fingerprint density at radius 2 is 2.17 bits per heavy atom. The van der Waals surface area contributed by atoms with Crippen LogP contribution in [0.5, 0.6) is 0 Å². The Labute approximate surface area is 72.4 Å². The Kier molecular flexibility index (Phi) is 4.37. The van der Waals surface area contributed by atoms with Gasteiger partial charge in [0.05, 0.1) is 6.10 Å². The Hall–Kier alpha value is -0.450. The zero-order chi connectivity index (χ0) is 9.78. The molecular weight excluding hydrogens is 158 g/mol. The molecule has 4 nitrogen and oxygen atoms in total. The van der Waals surface area contributed by atoms with E-state index in [1.54, 1.807) is 0 Å². The molecule has 0 fully saturated rings. The van der Waals surface area contributed by atoms with Gasteiger partial charge in [-0.3, -0.25) is 4.79 Å². The van der Waals surface area contributed by atoms with E-state index in [9.17, 15) is 9.90 Å². The van der Waals surface area contributed by atoms with Gasteiger partial charge in [-0.1, -0.05) is 6.92 Å². The smallest absolute Gasteiger partial charge is 0.168 e. The van der Waals surface area contributed by atoms with Crippen LogP contribution in [0.25, 0.3) is 0 Å². The van der Waals surface area contributed by atoms with E-state index in [1.807, 2.05) is 6.92 Å². The normalized spacial score (nSPS) is 18.4. The number of aliphatic hydroxyl groups excluding tert-OH is 1. The van der Waals surface area contributed by atoms with Crippen LogP contribution in [0.2, 0.25) is 0 Å². The second-order valence-corrected chi connectivity index (χ2v) is 2.98. The highest BCUT2D eigenvalue weighted by Crippen LogP contribution is 2.13. The maximum atomic E-state index is 11.2. The molecule has 0 amide bonds. The summed E-state index contributed by atoms with van der Waals surface area (Å²) in [5.41, 5.74) is 3.45. The number of nitrogens with two attached hydrogens (primary N) is 1. The van der Waals surface area contributed by atoms with Crippen molar-refractivity contribution in [3.05, 3.63) is 0 Å². The van der Waals surface area contributed by atoms with Gasteiger partial charge in [0.25, 0.3) is 0 Å². The van der Waals surface area contributed by atoms with Gasteiger partial charge in [-0.25, -0.2) is 0 Å². The van der Waals surface area contributed by atoms with Crippen LogP contribution in [0.3, 0.4) is 0 Å². The third kappa shape index (κ3) is 2.27. The number of rotatable bonds is 5. The fourth-order valence-corrected chi connectivity index (χ4v) is 0.961. The van der Waals surface area contributed by atoms with Crippen LogP contribution in [0.4, 0.5) is 0 Å². The van der Waals surface area contributed by atoms with Crippen molar-refractivity contribution in [3.63, 3.8) is 0 Å². The third-order valence-electron chi connectivity index (χ3n) is 1.96. The summed E-state index contributed by atoms with van der Waals surface area (Å²) >= 11 is 0. The highest BCUT2D eigenvalue weighted by Gasteiger charge is 2.38. The van der Waals surface area contributed by atoms with Crippen LogP contribution in [0, 0.1) is 0 Å². The Morgan fingerprint density at radius 1 is 1.67 bits per heavy atom. The Morgan fingerprint density at radius 3 is 2.42 bits per heavy atom. The molecule has 0 aromatic heterocycles. The zero-order valence-corrected chi connectivity index (χ0v) is 7.58. The van der Waals surface area contributed by atoms with Gasteiger partial charge in [-0.15, -0.1) is 0 Å². The first kappa shape index (κ1) is 11.6. The number of hydrogen-bond acceptors (Lipinski definition) is 4. The Balaban J connectivity index is 4.40. The van der Waals surface area contributed by atoms with Gasteiger partial charge in [0.2, 0.25) is 0 Å². The van der Waals surface area contributed by atoms with E-state index in [-0.39, 0.29) is 18.7 Å².